The minimum atomic E-state index is 0.272. The first-order valence-electron chi connectivity index (χ1n) is 9.14. The third-order valence-electron chi connectivity index (χ3n) is 4.47. The van der Waals surface area contributed by atoms with Gasteiger partial charge in [-0.25, -0.2) is 4.99 Å². The predicted octanol–water partition coefficient (Wildman–Crippen LogP) is 5.54. The standard InChI is InChI=1S/C22H21N3OS/c1-2-3-13-25-21(26)20(27-22(25)24-17-9-5-4-6-10-17)14-16-15-23-19-12-8-7-11-18(16)19/h4-12,14-15,26H,2-3,13H2,1H3/b16-14-,24-22?. The summed E-state index contributed by atoms with van der Waals surface area (Å²) in [7, 11) is 0. The lowest BCUT2D eigenvalue weighted by Crippen LogP contribution is -2.14. The maximum atomic E-state index is 10.8. The van der Waals surface area contributed by atoms with E-state index in [-0.39, 0.29) is 5.88 Å². The number of hydrogen-bond donors (Lipinski definition) is 1. The number of unbranched alkanes of at least 4 members (excludes halogenated alkanes) is 1. The summed E-state index contributed by atoms with van der Waals surface area (Å²) in [6.45, 7) is 2.89. The molecule has 0 atom stereocenters. The van der Waals surface area contributed by atoms with Crippen molar-refractivity contribution in [1.82, 2.24) is 4.57 Å². The highest BCUT2D eigenvalue weighted by Gasteiger charge is 2.15. The van der Waals surface area contributed by atoms with Crippen LogP contribution in [0.15, 0.2) is 64.6 Å². The first-order chi connectivity index (χ1) is 13.3. The molecule has 2 heterocycles. The fraction of sp³-hybridized carbons (Fsp3) is 0.182. The predicted molar refractivity (Wildman–Crippen MR) is 113 cm³/mol. The van der Waals surface area contributed by atoms with Crippen molar-refractivity contribution in [3.05, 3.63) is 69.8 Å². The van der Waals surface area contributed by atoms with Crippen LogP contribution in [0.3, 0.4) is 0 Å². The van der Waals surface area contributed by atoms with Gasteiger partial charge in [-0.3, -0.25) is 9.56 Å². The zero-order valence-electron chi connectivity index (χ0n) is 15.2. The molecule has 2 aromatic carbocycles. The summed E-state index contributed by atoms with van der Waals surface area (Å²) in [5.74, 6) is 0.272. The number of nitrogens with zero attached hydrogens (tertiary/aromatic N) is 3. The molecule has 4 nitrogen and oxygen atoms in total. The van der Waals surface area contributed by atoms with Crippen LogP contribution in [0.1, 0.15) is 30.2 Å². The van der Waals surface area contributed by atoms with Crippen molar-refractivity contribution in [2.75, 3.05) is 0 Å². The third kappa shape index (κ3) is 3.64. The second kappa shape index (κ2) is 7.76. The highest BCUT2D eigenvalue weighted by molar-refractivity contribution is 7.10. The Morgan fingerprint density at radius 2 is 1.89 bits per heavy atom. The zero-order chi connectivity index (χ0) is 18.6. The molecule has 1 aromatic heterocycles. The Kier molecular flexibility index (Phi) is 5.03. The minimum Gasteiger partial charge on any atom is -0.493 e. The van der Waals surface area contributed by atoms with Crippen molar-refractivity contribution < 1.29 is 5.11 Å². The van der Waals surface area contributed by atoms with E-state index in [9.17, 15) is 5.11 Å². The van der Waals surface area contributed by atoms with Crippen molar-refractivity contribution in [3.63, 3.8) is 0 Å². The maximum Gasteiger partial charge on any atom is 0.211 e. The van der Waals surface area contributed by atoms with Crippen LogP contribution in [0.2, 0.25) is 0 Å². The van der Waals surface area contributed by atoms with Crippen molar-refractivity contribution in [1.29, 1.82) is 0 Å². The van der Waals surface area contributed by atoms with E-state index in [1.54, 1.807) is 0 Å². The van der Waals surface area contributed by atoms with E-state index in [4.69, 9.17) is 4.99 Å². The molecule has 3 aromatic rings. The summed E-state index contributed by atoms with van der Waals surface area (Å²) in [6, 6.07) is 17.9. The molecule has 0 saturated heterocycles. The molecule has 0 amide bonds. The van der Waals surface area contributed by atoms with Gasteiger partial charge >= 0.3 is 0 Å². The summed E-state index contributed by atoms with van der Waals surface area (Å²) < 4.78 is 1.91. The number of rotatable bonds is 5. The lowest BCUT2D eigenvalue weighted by Gasteiger charge is -2.04. The van der Waals surface area contributed by atoms with Gasteiger partial charge in [-0.1, -0.05) is 61.1 Å². The molecule has 0 saturated carbocycles. The topological polar surface area (TPSA) is 49.9 Å². The zero-order valence-corrected chi connectivity index (χ0v) is 16.0. The fourth-order valence-electron chi connectivity index (χ4n) is 3.03. The monoisotopic (exact) mass is 375 g/mol. The van der Waals surface area contributed by atoms with Gasteiger partial charge in [-0.15, -0.1) is 0 Å². The van der Waals surface area contributed by atoms with Crippen LogP contribution < -0.4 is 4.80 Å². The van der Waals surface area contributed by atoms with E-state index in [0.717, 1.165) is 51.6 Å². The third-order valence-corrected chi connectivity index (χ3v) is 5.48. The van der Waals surface area contributed by atoms with E-state index in [2.05, 4.69) is 18.0 Å². The van der Waals surface area contributed by atoms with Crippen LogP contribution in [0, 0.1) is 0 Å². The highest BCUT2D eigenvalue weighted by atomic mass is 32.1. The summed E-state index contributed by atoms with van der Waals surface area (Å²) in [6.07, 6.45) is 5.91. The molecule has 4 rings (SSSR count). The van der Waals surface area contributed by atoms with E-state index < -0.39 is 0 Å². The number of aliphatic imine (C=N–C) groups is 1. The van der Waals surface area contributed by atoms with Gasteiger partial charge in [-0.05, 0) is 30.7 Å². The highest BCUT2D eigenvalue weighted by Crippen LogP contribution is 2.34. The van der Waals surface area contributed by atoms with E-state index in [1.165, 1.54) is 11.3 Å². The Morgan fingerprint density at radius 3 is 2.70 bits per heavy atom. The average molecular weight is 375 g/mol. The average Bonchev–Trinajstić information content (AvgIpc) is 3.23. The molecule has 0 spiro atoms. The Hall–Kier alpha value is -2.92. The van der Waals surface area contributed by atoms with Crippen LogP contribution in [-0.4, -0.2) is 15.9 Å². The summed E-state index contributed by atoms with van der Waals surface area (Å²) in [4.78, 5) is 10.8. The number of thiazole rings is 1. The number of aromatic nitrogens is 1. The van der Waals surface area contributed by atoms with E-state index >= 15 is 0 Å². The molecule has 5 heteroatoms. The number of para-hydroxylation sites is 2. The van der Waals surface area contributed by atoms with Gasteiger partial charge in [0.1, 0.15) is 0 Å². The van der Waals surface area contributed by atoms with Crippen LogP contribution in [0.25, 0.3) is 11.6 Å². The summed E-state index contributed by atoms with van der Waals surface area (Å²) in [5, 5.41) is 10.8. The molecule has 1 aliphatic heterocycles. The number of hydrogen-bond acceptors (Lipinski definition) is 4. The quantitative estimate of drug-likeness (QED) is 0.625. The second-order valence-electron chi connectivity index (χ2n) is 6.40. The van der Waals surface area contributed by atoms with Gasteiger partial charge in [0.15, 0.2) is 4.80 Å². The molecular weight excluding hydrogens is 354 g/mol. The molecule has 0 bridgehead atoms. The van der Waals surface area contributed by atoms with Crippen molar-refractivity contribution >= 4 is 40.6 Å². The molecule has 0 radical (unpaired) electrons. The lowest BCUT2D eigenvalue weighted by atomic mass is 10.1. The van der Waals surface area contributed by atoms with Crippen LogP contribution in [0.4, 0.5) is 11.4 Å². The Morgan fingerprint density at radius 1 is 1.11 bits per heavy atom. The Bertz CT molecular complexity index is 1070. The Balaban J connectivity index is 1.80. The van der Waals surface area contributed by atoms with Crippen LogP contribution in [0.5, 0.6) is 5.88 Å². The molecule has 1 aliphatic rings. The van der Waals surface area contributed by atoms with E-state index in [0.29, 0.717) is 0 Å². The normalized spacial score (nSPS) is 14.9. The molecule has 136 valence electrons. The summed E-state index contributed by atoms with van der Waals surface area (Å²) >= 11 is 1.50. The Labute approximate surface area is 162 Å². The van der Waals surface area contributed by atoms with Crippen LogP contribution >= 0.6 is 11.3 Å². The fourth-order valence-corrected chi connectivity index (χ4v) is 4.05. The van der Waals surface area contributed by atoms with Crippen molar-refractivity contribution in [2.24, 2.45) is 9.98 Å². The first-order valence-corrected chi connectivity index (χ1v) is 9.95. The SMILES string of the molecule is CCCCn1c(O)c(/C=C2/C=Nc3ccccc32)sc1=Nc1ccccc1. The number of allylic oxidation sites excluding steroid dienone is 1. The van der Waals surface area contributed by atoms with E-state index in [1.807, 2.05) is 65.4 Å². The second-order valence-corrected chi connectivity index (χ2v) is 7.41. The largest absolute Gasteiger partial charge is 0.493 e. The van der Waals surface area contributed by atoms with Gasteiger partial charge in [0, 0.05) is 23.9 Å². The van der Waals surface area contributed by atoms with Crippen LogP contribution in [-0.2, 0) is 6.54 Å². The summed E-state index contributed by atoms with van der Waals surface area (Å²) in [5.41, 5.74) is 3.95. The molecule has 27 heavy (non-hydrogen) atoms. The van der Waals surface area contributed by atoms with Gasteiger partial charge in [0.25, 0.3) is 0 Å². The molecular formula is C22H21N3OS. The molecule has 0 fully saturated rings. The number of fused-ring (bicyclic) bond motifs is 1. The molecule has 1 N–H and O–H groups in total. The minimum absolute atomic E-state index is 0.272. The maximum absolute atomic E-state index is 10.8. The van der Waals surface area contributed by atoms with Gasteiger partial charge in [0.2, 0.25) is 5.88 Å². The smallest absolute Gasteiger partial charge is 0.211 e. The van der Waals surface area contributed by atoms with Crippen molar-refractivity contribution in [2.45, 2.75) is 26.3 Å². The van der Waals surface area contributed by atoms with Gasteiger partial charge < -0.3 is 5.11 Å². The lowest BCUT2D eigenvalue weighted by molar-refractivity contribution is 0.406. The molecule has 0 aliphatic carbocycles. The number of aromatic hydroxyl groups is 1. The van der Waals surface area contributed by atoms with Crippen molar-refractivity contribution in [3.8, 4) is 5.88 Å². The molecule has 0 unspecified atom stereocenters. The van der Waals surface area contributed by atoms with Gasteiger partial charge in [-0.2, -0.15) is 0 Å². The van der Waals surface area contributed by atoms with Gasteiger partial charge in [0.05, 0.1) is 16.3 Å². The number of benzene rings is 2. The first kappa shape index (κ1) is 17.5.